The summed E-state index contributed by atoms with van der Waals surface area (Å²) in [6.45, 7) is 4.42. The zero-order valence-electron chi connectivity index (χ0n) is 16.1. The molecule has 2 heterocycles. The predicted molar refractivity (Wildman–Crippen MR) is 105 cm³/mol. The number of amides is 1. The molecule has 0 saturated heterocycles. The average molecular weight is 380 g/mol. The van der Waals surface area contributed by atoms with Crippen LogP contribution in [0.5, 0.6) is 11.5 Å². The van der Waals surface area contributed by atoms with E-state index in [9.17, 15) is 4.79 Å². The normalized spacial score (nSPS) is 18.9. The standard InChI is InChI=1S/C21H24N4O3/c1-3-27-18-8-4-5-9-19(18)28-17-10-6-7-16(17)24-21(26)15-13-22-25-12-11-14(2)23-20(15)25/h4-5,8-9,11-13,16-17H,3,6-7,10H2,1-2H3,(H,24,26)/t16-,17+/m0/s1. The molecule has 146 valence electrons. The van der Waals surface area contributed by atoms with Gasteiger partial charge in [0.25, 0.3) is 5.91 Å². The van der Waals surface area contributed by atoms with Gasteiger partial charge in [0.05, 0.1) is 18.8 Å². The monoisotopic (exact) mass is 380 g/mol. The van der Waals surface area contributed by atoms with Crippen molar-refractivity contribution in [1.82, 2.24) is 19.9 Å². The van der Waals surface area contributed by atoms with Crippen LogP contribution >= 0.6 is 0 Å². The van der Waals surface area contributed by atoms with Crippen LogP contribution in [0.15, 0.2) is 42.7 Å². The van der Waals surface area contributed by atoms with Gasteiger partial charge in [-0.1, -0.05) is 12.1 Å². The number of nitrogens with zero attached hydrogens (tertiary/aromatic N) is 3. The molecular formula is C21H24N4O3. The van der Waals surface area contributed by atoms with Crippen LogP contribution in [-0.4, -0.2) is 39.3 Å². The van der Waals surface area contributed by atoms with Crippen molar-refractivity contribution < 1.29 is 14.3 Å². The second-order valence-corrected chi connectivity index (χ2v) is 6.94. The molecule has 1 amide bonds. The lowest BCUT2D eigenvalue weighted by atomic mass is 10.2. The van der Waals surface area contributed by atoms with Crippen molar-refractivity contribution in [3.8, 4) is 11.5 Å². The van der Waals surface area contributed by atoms with Crippen molar-refractivity contribution in [2.75, 3.05) is 6.61 Å². The van der Waals surface area contributed by atoms with Crippen molar-refractivity contribution in [1.29, 1.82) is 0 Å². The van der Waals surface area contributed by atoms with Crippen LogP contribution in [-0.2, 0) is 0 Å². The van der Waals surface area contributed by atoms with E-state index >= 15 is 0 Å². The van der Waals surface area contributed by atoms with Crippen LogP contribution in [0.2, 0.25) is 0 Å². The Morgan fingerprint density at radius 1 is 1.25 bits per heavy atom. The van der Waals surface area contributed by atoms with Gasteiger partial charge in [0.1, 0.15) is 11.7 Å². The summed E-state index contributed by atoms with van der Waals surface area (Å²) in [6.07, 6.45) is 6.03. The number of hydrogen-bond acceptors (Lipinski definition) is 5. The van der Waals surface area contributed by atoms with Crippen molar-refractivity contribution >= 4 is 11.6 Å². The number of rotatable bonds is 6. The summed E-state index contributed by atoms with van der Waals surface area (Å²) in [6, 6.07) is 9.44. The zero-order valence-corrected chi connectivity index (χ0v) is 16.1. The molecule has 1 saturated carbocycles. The molecule has 0 bridgehead atoms. The Morgan fingerprint density at radius 2 is 2.07 bits per heavy atom. The first-order valence-corrected chi connectivity index (χ1v) is 9.66. The van der Waals surface area contributed by atoms with Crippen LogP contribution in [0.4, 0.5) is 0 Å². The molecule has 7 nitrogen and oxygen atoms in total. The number of carbonyl (C=O) groups is 1. The molecule has 1 fully saturated rings. The van der Waals surface area contributed by atoms with Gasteiger partial charge in [0, 0.05) is 11.9 Å². The van der Waals surface area contributed by atoms with Crippen molar-refractivity contribution in [3.63, 3.8) is 0 Å². The second-order valence-electron chi connectivity index (χ2n) is 6.94. The molecule has 28 heavy (non-hydrogen) atoms. The fraction of sp³-hybridized carbons (Fsp3) is 0.381. The summed E-state index contributed by atoms with van der Waals surface area (Å²) in [4.78, 5) is 17.3. The maximum Gasteiger partial charge on any atom is 0.257 e. The summed E-state index contributed by atoms with van der Waals surface area (Å²) in [5.74, 6) is 1.26. The molecule has 1 aliphatic carbocycles. The smallest absolute Gasteiger partial charge is 0.257 e. The van der Waals surface area contributed by atoms with Gasteiger partial charge in [0.2, 0.25) is 0 Å². The van der Waals surface area contributed by atoms with Crippen LogP contribution in [0, 0.1) is 6.92 Å². The van der Waals surface area contributed by atoms with Crippen LogP contribution in [0.1, 0.15) is 42.2 Å². The Bertz CT molecular complexity index is 985. The predicted octanol–water partition coefficient (Wildman–Crippen LogP) is 3.17. The Labute approximate surface area is 163 Å². The Kier molecular flexibility index (Phi) is 5.14. The van der Waals surface area contributed by atoms with Crippen molar-refractivity contribution in [2.24, 2.45) is 0 Å². The number of hydrogen-bond donors (Lipinski definition) is 1. The lowest BCUT2D eigenvalue weighted by molar-refractivity contribution is 0.0893. The van der Waals surface area contributed by atoms with Crippen molar-refractivity contribution in [2.45, 2.75) is 45.3 Å². The SMILES string of the molecule is CCOc1ccccc1O[C@@H]1CCC[C@@H]1NC(=O)c1cnn2ccc(C)nc12. The first kappa shape index (κ1) is 18.3. The minimum absolute atomic E-state index is 0.0676. The molecular weight excluding hydrogens is 356 g/mol. The maximum absolute atomic E-state index is 12.9. The van der Waals surface area contributed by atoms with Gasteiger partial charge in [-0.25, -0.2) is 9.50 Å². The minimum atomic E-state index is -0.174. The number of aryl methyl sites for hydroxylation is 1. The maximum atomic E-state index is 12.9. The van der Waals surface area contributed by atoms with E-state index in [-0.39, 0.29) is 18.1 Å². The molecule has 0 spiro atoms. The minimum Gasteiger partial charge on any atom is -0.490 e. The summed E-state index contributed by atoms with van der Waals surface area (Å²) in [5.41, 5.74) is 1.88. The average Bonchev–Trinajstić information content (AvgIpc) is 3.30. The van der Waals surface area contributed by atoms with E-state index in [0.29, 0.717) is 23.6 Å². The highest BCUT2D eigenvalue weighted by molar-refractivity contribution is 5.99. The Morgan fingerprint density at radius 3 is 2.89 bits per heavy atom. The third-order valence-corrected chi connectivity index (χ3v) is 4.95. The first-order valence-electron chi connectivity index (χ1n) is 9.66. The Balaban J connectivity index is 1.49. The van der Waals surface area contributed by atoms with Gasteiger partial charge in [-0.3, -0.25) is 4.79 Å². The molecule has 0 radical (unpaired) electrons. The molecule has 0 aliphatic heterocycles. The van der Waals surface area contributed by atoms with Crippen LogP contribution < -0.4 is 14.8 Å². The number of ether oxygens (including phenoxy) is 2. The molecule has 2 atom stereocenters. The summed E-state index contributed by atoms with van der Waals surface area (Å²) in [5, 5.41) is 7.34. The van der Waals surface area contributed by atoms with E-state index in [1.807, 2.05) is 44.2 Å². The lowest BCUT2D eigenvalue weighted by Gasteiger charge is -2.23. The molecule has 3 aromatic rings. The summed E-state index contributed by atoms with van der Waals surface area (Å²) in [7, 11) is 0. The fourth-order valence-electron chi connectivity index (χ4n) is 3.58. The third kappa shape index (κ3) is 3.65. The third-order valence-electron chi connectivity index (χ3n) is 4.95. The number of aromatic nitrogens is 3. The van der Waals surface area contributed by atoms with Gasteiger partial charge >= 0.3 is 0 Å². The van der Waals surface area contributed by atoms with Crippen molar-refractivity contribution in [3.05, 3.63) is 54.0 Å². The van der Waals surface area contributed by atoms with E-state index in [1.54, 1.807) is 16.9 Å². The highest BCUT2D eigenvalue weighted by Gasteiger charge is 2.32. The van der Waals surface area contributed by atoms with E-state index in [1.165, 1.54) is 0 Å². The number of benzene rings is 1. The zero-order chi connectivity index (χ0) is 19.5. The molecule has 0 unspecified atom stereocenters. The number of para-hydroxylation sites is 2. The molecule has 1 aliphatic rings. The molecule has 1 N–H and O–H groups in total. The van der Waals surface area contributed by atoms with E-state index in [4.69, 9.17) is 9.47 Å². The fourth-order valence-corrected chi connectivity index (χ4v) is 3.58. The van der Waals surface area contributed by atoms with E-state index < -0.39 is 0 Å². The van der Waals surface area contributed by atoms with Gasteiger partial charge in [0.15, 0.2) is 17.1 Å². The van der Waals surface area contributed by atoms with E-state index in [2.05, 4.69) is 15.4 Å². The van der Waals surface area contributed by atoms with Crippen LogP contribution in [0.25, 0.3) is 5.65 Å². The lowest BCUT2D eigenvalue weighted by Crippen LogP contribution is -2.42. The molecule has 7 heteroatoms. The number of carbonyl (C=O) groups excluding carboxylic acids is 1. The van der Waals surface area contributed by atoms with Gasteiger partial charge < -0.3 is 14.8 Å². The highest BCUT2D eigenvalue weighted by atomic mass is 16.5. The summed E-state index contributed by atoms with van der Waals surface area (Å²) < 4.78 is 13.5. The van der Waals surface area contributed by atoms with Gasteiger partial charge in [-0.05, 0) is 51.3 Å². The van der Waals surface area contributed by atoms with Gasteiger partial charge in [-0.15, -0.1) is 0 Å². The Hall–Kier alpha value is -3.09. The molecule has 1 aromatic carbocycles. The molecule has 2 aromatic heterocycles. The van der Waals surface area contributed by atoms with Gasteiger partial charge in [-0.2, -0.15) is 5.10 Å². The molecule has 4 rings (SSSR count). The first-order chi connectivity index (χ1) is 13.7. The number of nitrogens with one attached hydrogen (secondary N) is 1. The second kappa shape index (κ2) is 7.88. The van der Waals surface area contributed by atoms with E-state index in [0.717, 1.165) is 30.7 Å². The van der Waals surface area contributed by atoms with Crippen LogP contribution in [0.3, 0.4) is 0 Å². The summed E-state index contributed by atoms with van der Waals surface area (Å²) >= 11 is 0. The quantitative estimate of drug-likeness (QED) is 0.711. The largest absolute Gasteiger partial charge is 0.490 e. The number of fused-ring (bicyclic) bond motifs is 1. The highest BCUT2D eigenvalue weighted by Crippen LogP contribution is 2.31. The topological polar surface area (TPSA) is 77.8 Å².